The van der Waals surface area contributed by atoms with E-state index < -0.39 is 13.9 Å². The van der Waals surface area contributed by atoms with Gasteiger partial charge in [-0.3, -0.25) is 4.79 Å². The minimum Gasteiger partial charge on any atom is -0.547 e. The SMILES string of the molecule is C/C(=C\CCC(=O)OC(C)(C)C)O[Si](C)(C)C(C)(C)C. The summed E-state index contributed by atoms with van der Waals surface area (Å²) in [5.41, 5.74) is -0.409. The molecular formula is C16H32O3Si. The summed E-state index contributed by atoms with van der Waals surface area (Å²) in [5.74, 6) is 0.758. The van der Waals surface area contributed by atoms with Crippen LogP contribution < -0.4 is 0 Å². The maximum absolute atomic E-state index is 11.6. The van der Waals surface area contributed by atoms with Crippen LogP contribution in [0.4, 0.5) is 0 Å². The van der Waals surface area contributed by atoms with Gasteiger partial charge in [0.15, 0.2) is 0 Å². The van der Waals surface area contributed by atoms with Crippen LogP contribution in [0.15, 0.2) is 11.8 Å². The molecule has 0 amide bonds. The molecule has 118 valence electrons. The Hall–Kier alpha value is -0.773. The minimum absolute atomic E-state index is 0.158. The van der Waals surface area contributed by atoms with E-state index in [1.807, 2.05) is 33.8 Å². The fourth-order valence-electron chi connectivity index (χ4n) is 1.38. The first kappa shape index (κ1) is 19.2. The van der Waals surface area contributed by atoms with Crippen LogP contribution in [0, 0.1) is 0 Å². The normalized spacial score (nSPS) is 14.2. The Balaban J connectivity index is 4.32. The summed E-state index contributed by atoms with van der Waals surface area (Å²) in [7, 11) is -1.77. The lowest BCUT2D eigenvalue weighted by molar-refractivity contribution is -0.154. The summed E-state index contributed by atoms with van der Waals surface area (Å²) in [6, 6.07) is 0. The molecule has 0 aliphatic heterocycles. The van der Waals surface area contributed by atoms with Gasteiger partial charge in [0.25, 0.3) is 0 Å². The van der Waals surface area contributed by atoms with Crippen LogP contribution >= 0.6 is 0 Å². The van der Waals surface area contributed by atoms with Gasteiger partial charge in [0, 0.05) is 6.42 Å². The fraction of sp³-hybridized carbons (Fsp3) is 0.812. The van der Waals surface area contributed by atoms with Crippen molar-refractivity contribution >= 4 is 14.3 Å². The van der Waals surface area contributed by atoms with Gasteiger partial charge >= 0.3 is 5.97 Å². The van der Waals surface area contributed by atoms with Crippen LogP contribution in [0.5, 0.6) is 0 Å². The van der Waals surface area contributed by atoms with E-state index >= 15 is 0 Å². The Morgan fingerprint density at radius 3 is 2.00 bits per heavy atom. The third-order valence-electron chi connectivity index (χ3n) is 3.42. The first-order valence-electron chi connectivity index (χ1n) is 7.32. The van der Waals surface area contributed by atoms with Crippen molar-refractivity contribution in [2.24, 2.45) is 0 Å². The van der Waals surface area contributed by atoms with Crippen molar-refractivity contribution in [3.05, 3.63) is 11.8 Å². The highest BCUT2D eigenvalue weighted by atomic mass is 28.4. The van der Waals surface area contributed by atoms with E-state index in [0.29, 0.717) is 12.8 Å². The second kappa shape index (κ2) is 6.79. The van der Waals surface area contributed by atoms with Crippen molar-refractivity contribution in [3.8, 4) is 0 Å². The fourth-order valence-corrected chi connectivity index (χ4v) is 2.58. The lowest BCUT2D eigenvalue weighted by Gasteiger charge is -2.36. The van der Waals surface area contributed by atoms with Gasteiger partial charge in [0.1, 0.15) is 5.60 Å². The van der Waals surface area contributed by atoms with Crippen LogP contribution in [0.2, 0.25) is 18.1 Å². The maximum Gasteiger partial charge on any atom is 0.306 e. The highest BCUT2D eigenvalue weighted by Crippen LogP contribution is 2.37. The van der Waals surface area contributed by atoms with Crippen LogP contribution in [0.25, 0.3) is 0 Å². The highest BCUT2D eigenvalue weighted by molar-refractivity contribution is 6.74. The third kappa shape index (κ3) is 7.73. The van der Waals surface area contributed by atoms with Crippen molar-refractivity contribution in [3.63, 3.8) is 0 Å². The lowest BCUT2D eigenvalue weighted by Crippen LogP contribution is -2.40. The second-order valence-electron chi connectivity index (χ2n) is 7.80. The molecule has 0 aliphatic rings. The van der Waals surface area contributed by atoms with Crippen molar-refractivity contribution in [2.75, 3.05) is 0 Å². The average Bonchev–Trinajstić information content (AvgIpc) is 2.11. The lowest BCUT2D eigenvalue weighted by atomic mass is 10.2. The topological polar surface area (TPSA) is 35.5 Å². The highest BCUT2D eigenvalue weighted by Gasteiger charge is 2.38. The molecular weight excluding hydrogens is 268 g/mol. The summed E-state index contributed by atoms with van der Waals surface area (Å²) in [4.78, 5) is 11.6. The number of ether oxygens (including phenoxy) is 1. The number of rotatable bonds is 5. The monoisotopic (exact) mass is 300 g/mol. The molecule has 0 saturated heterocycles. The molecule has 0 rings (SSSR count). The number of esters is 1. The van der Waals surface area contributed by atoms with Crippen molar-refractivity contribution in [2.45, 2.75) is 85.0 Å². The van der Waals surface area contributed by atoms with E-state index in [2.05, 4.69) is 33.9 Å². The number of hydrogen-bond donors (Lipinski definition) is 0. The molecule has 4 heteroatoms. The number of allylic oxidation sites excluding steroid dienone is 2. The summed E-state index contributed by atoms with van der Waals surface area (Å²) >= 11 is 0. The van der Waals surface area contributed by atoms with Crippen molar-refractivity contribution < 1.29 is 14.0 Å². The molecule has 3 nitrogen and oxygen atoms in total. The maximum atomic E-state index is 11.6. The Morgan fingerprint density at radius 1 is 1.10 bits per heavy atom. The quantitative estimate of drug-likeness (QED) is 0.405. The van der Waals surface area contributed by atoms with E-state index in [-0.39, 0.29) is 11.0 Å². The zero-order chi connectivity index (χ0) is 16.2. The molecule has 0 bridgehead atoms. The Bertz CT molecular complexity index is 357. The van der Waals surface area contributed by atoms with Gasteiger partial charge in [-0.25, -0.2) is 0 Å². The van der Waals surface area contributed by atoms with Gasteiger partial charge in [-0.05, 0) is 58.3 Å². The summed E-state index contributed by atoms with van der Waals surface area (Å²) in [6.07, 6.45) is 3.05. The molecule has 0 saturated carbocycles. The van der Waals surface area contributed by atoms with Gasteiger partial charge in [-0.1, -0.05) is 20.8 Å². The largest absolute Gasteiger partial charge is 0.547 e. The summed E-state index contributed by atoms with van der Waals surface area (Å²) in [6.45, 7) is 18.7. The molecule has 0 atom stereocenters. The first-order chi connectivity index (χ1) is 8.74. The minimum atomic E-state index is -1.77. The Kier molecular flexibility index (Phi) is 6.53. The predicted octanol–water partition coefficient (Wildman–Crippen LogP) is 5.03. The Labute approximate surface area is 125 Å². The molecule has 0 aromatic rings. The molecule has 0 N–H and O–H groups in total. The molecule has 0 aromatic heterocycles. The zero-order valence-corrected chi connectivity index (χ0v) is 15.7. The molecule has 0 heterocycles. The standard InChI is InChI=1S/C16H32O3Si/c1-13(19-20(8,9)16(5,6)7)11-10-12-14(17)18-15(2,3)4/h11H,10,12H2,1-9H3/b13-11+. The van der Waals surface area contributed by atoms with Crippen LogP contribution in [0.1, 0.15) is 61.3 Å². The zero-order valence-electron chi connectivity index (χ0n) is 14.7. The molecule has 0 radical (unpaired) electrons. The Morgan fingerprint density at radius 2 is 1.60 bits per heavy atom. The van der Waals surface area contributed by atoms with Crippen molar-refractivity contribution in [1.29, 1.82) is 0 Å². The third-order valence-corrected chi connectivity index (χ3v) is 7.87. The predicted molar refractivity (Wildman–Crippen MR) is 87.1 cm³/mol. The molecule has 20 heavy (non-hydrogen) atoms. The second-order valence-corrected chi connectivity index (χ2v) is 12.5. The van der Waals surface area contributed by atoms with Gasteiger partial charge in [-0.15, -0.1) is 0 Å². The van der Waals surface area contributed by atoms with E-state index in [1.54, 1.807) is 0 Å². The van der Waals surface area contributed by atoms with Crippen LogP contribution in [-0.2, 0) is 14.0 Å². The molecule has 0 fully saturated rings. The summed E-state index contributed by atoms with van der Waals surface area (Å²) < 4.78 is 11.4. The van der Waals surface area contributed by atoms with E-state index in [0.717, 1.165) is 5.76 Å². The van der Waals surface area contributed by atoms with Crippen molar-refractivity contribution in [1.82, 2.24) is 0 Å². The van der Waals surface area contributed by atoms with E-state index in [9.17, 15) is 4.79 Å². The molecule has 0 aliphatic carbocycles. The first-order valence-corrected chi connectivity index (χ1v) is 10.2. The van der Waals surface area contributed by atoms with Gasteiger partial charge in [0.2, 0.25) is 8.32 Å². The number of carbonyl (C=O) groups excluding carboxylic acids is 1. The number of hydrogen-bond acceptors (Lipinski definition) is 3. The van der Waals surface area contributed by atoms with Gasteiger partial charge in [-0.2, -0.15) is 0 Å². The molecule has 0 aromatic carbocycles. The van der Waals surface area contributed by atoms with E-state index in [4.69, 9.17) is 9.16 Å². The van der Waals surface area contributed by atoms with Crippen LogP contribution in [0.3, 0.4) is 0 Å². The summed E-state index contributed by atoms with van der Waals surface area (Å²) in [5, 5.41) is 0.188. The molecule has 0 spiro atoms. The van der Waals surface area contributed by atoms with Gasteiger partial charge < -0.3 is 9.16 Å². The van der Waals surface area contributed by atoms with Crippen LogP contribution in [-0.4, -0.2) is 19.9 Å². The molecule has 0 unspecified atom stereocenters. The number of carbonyl (C=O) groups is 1. The van der Waals surface area contributed by atoms with E-state index in [1.165, 1.54) is 0 Å². The van der Waals surface area contributed by atoms with Gasteiger partial charge in [0.05, 0.1) is 5.76 Å². The average molecular weight is 301 g/mol. The smallest absolute Gasteiger partial charge is 0.306 e.